The van der Waals surface area contributed by atoms with Crippen molar-refractivity contribution in [3.63, 3.8) is 0 Å². The molecule has 0 spiro atoms. The predicted molar refractivity (Wildman–Crippen MR) is 123 cm³/mol. The maximum atomic E-state index is 4.23. The molecule has 0 aliphatic heterocycles. The molecule has 0 aromatic carbocycles. The van der Waals surface area contributed by atoms with Crippen molar-refractivity contribution >= 4 is 16.1 Å². The first-order valence-corrected chi connectivity index (χ1v) is 17.2. The highest BCUT2D eigenvalue weighted by Crippen LogP contribution is 2.48. The van der Waals surface area contributed by atoms with Gasteiger partial charge in [0.05, 0.1) is 0 Å². The van der Waals surface area contributed by atoms with Gasteiger partial charge in [-0.1, -0.05) is 77.4 Å². The van der Waals surface area contributed by atoms with E-state index in [4.69, 9.17) is 0 Å². The molecule has 3 saturated carbocycles. The van der Waals surface area contributed by atoms with Crippen LogP contribution in [0.3, 0.4) is 0 Å². The third-order valence-corrected chi connectivity index (χ3v) is 12.7. The zero-order valence-electron chi connectivity index (χ0n) is 18.3. The Kier molecular flexibility index (Phi) is 8.62. The fourth-order valence-corrected chi connectivity index (χ4v) is 12.7. The van der Waals surface area contributed by atoms with E-state index in [1.54, 1.807) is 0 Å². The minimum atomic E-state index is -1.76. The molecule has 0 aromatic heterocycles. The quantitative estimate of drug-likeness (QED) is 0.297. The Hall–Kier alpha value is 0.487. The van der Waals surface area contributed by atoms with Gasteiger partial charge in [0.2, 0.25) is 0 Å². The summed E-state index contributed by atoms with van der Waals surface area (Å²) in [6.45, 7) is 7.40. The Balaban J connectivity index is 1.77. The van der Waals surface area contributed by atoms with Gasteiger partial charge in [-0.2, -0.15) is 4.75 Å². The van der Waals surface area contributed by atoms with Crippen LogP contribution in [0.15, 0.2) is 0 Å². The molecule has 0 saturated heterocycles. The van der Waals surface area contributed by atoms with Gasteiger partial charge in [0.1, 0.15) is 0 Å². The van der Waals surface area contributed by atoms with Crippen LogP contribution in [0.25, 0.3) is 0 Å². The van der Waals surface area contributed by atoms with Crippen LogP contribution in [0.2, 0.25) is 19.6 Å². The Morgan fingerprint density at radius 2 is 0.815 bits per heavy atom. The molecule has 0 aromatic rings. The molecule has 3 fully saturated rings. The third kappa shape index (κ3) is 7.68. The van der Waals surface area contributed by atoms with Gasteiger partial charge in [-0.15, -0.1) is 15.3 Å². The summed E-state index contributed by atoms with van der Waals surface area (Å²) in [6.07, 6.45) is 20.8. The molecule has 158 valence electrons. The molecular weight excluding hydrogens is 367 g/mol. The fourth-order valence-electron chi connectivity index (χ4n) is 5.23. The lowest BCUT2D eigenvalue weighted by Crippen LogP contribution is -2.59. The monoisotopic (exact) mass is 413 g/mol. The van der Waals surface area contributed by atoms with Gasteiger partial charge < -0.3 is 0 Å². The van der Waals surface area contributed by atoms with Crippen molar-refractivity contribution in [2.24, 2.45) is 0 Å². The Bertz CT molecular complexity index is 374. The molecule has 0 amide bonds. The van der Waals surface area contributed by atoms with Crippen LogP contribution in [0, 0.1) is 0 Å². The molecule has 0 unspecified atom stereocenters. The van der Waals surface area contributed by atoms with Gasteiger partial charge in [0.25, 0.3) is 7.87 Å². The van der Waals surface area contributed by atoms with E-state index in [1.165, 1.54) is 96.3 Å². The van der Waals surface area contributed by atoms with Crippen LogP contribution in [-0.2, 0) is 0 Å². The highest BCUT2D eigenvalue weighted by molar-refractivity contribution is 7.70. The molecule has 0 heterocycles. The van der Waals surface area contributed by atoms with Gasteiger partial charge in [0, 0.05) is 18.1 Å². The van der Waals surface area contributed by atoms with Crippen molar-refractivity contribution in [3.05, 3.63) is 0 Å². The summed E-state index contributed by atoms with van der Waals surface area (Å²) in [4.78, 5) is 0. The first-order valence-electron chi connectivity index (χ1n) is 12.0. The Morgan fingerprint density at radius 3 is 1.07 bits per heavy atom. The van der Waals surface area contributed by atoms with Crippen molar-refractivity contribution in [2.45, 2.75) is 134 Å². The highest BCUT2D eigenvalue weighted by Gasteiger charge is 2.48. The minimum Gasteiger partial charge on any atom is -0.174 e. The minimum absolute atomic E-state index is 0.683. The topological polar surface area (TPSA) is 48.1 Å². The molecule has 6 heteroatoms. The molecule has 4 nitrogen and oxygen atoms in total. The summed E-state index contributed by atoms with van der Waals surface area (Å²) in [5, 5.41) is 12.7. The van der Waals surface area contributed by atoms with E-state index in [9.17, 15) is 0 Å². The van der Waals surface area contributed by atoms with Gasteiger partial charge in [0.15, 0.2) is 8.24 Å². The molecular formula is C21H46N4PSi+. The molecule has 0 radical (unpaired) electrons. The fraction of sp³-hybridized carbons (Fsp3) is 1.00. The lowest BCUT2D eigenvalue weighted by atomic mass is 9.96. The van der Waals surface area contributed by atoms with E-state index in [-0.39, 0.29) is 0 Å². The second-order valence-corrected chi connectivity index (χ2v) is 17.9. The van der Waals surface area contributed by atoms with Crippen molar-refractivity contribution in [1.82, 2.24) is 20.0 Å². The summed E-state index contributed by atoms with van der Waals surface area (Å²) in [5.74, 6) is 0. The van der Waals surface area contributed by atoms with E-state index < -0.39 is 16.1 Å². The zero-order valence-corrected chi connectivity index (χ0v) is 20.2. The average molecular weight is 414 g/mol. The summed E-state index contributed by atoms with van der Waals surface area (Å²) >= 11 is 0. The smallest absolute Gasteiger partial charge is 0.174 e. The summed E-state index contributed by atoms with van der Waals surface area (Å²) in [7, 11) is -3.20. The number of nitrogens with one attached hydrogen (secondary N) is 4. The first kappa shape index (κ1) is 22.2. The summed E-state index contributed by atoms with van der Waals surface area (Å²) in [6, 6.07) is 2.05. The van der Waals surface area contributed by atoms with E-state index in [0.29, 0.717) is 18.1 Å². The van der Waals surface area contributed by atoms with Crippen LogP contribution >= 0.6 is 7.87 Å². The van der Waals surface area contributed by atoms with Crippen LogP contribution in [-0.4, -0.2) is 26.4 Å². The molecule has 3 rings (SSSR count). The van der Waals surface area contributed by atoms with Crippen molar-refractivity contribution in [1.29, 1.82) is 0 Å². The third-order valence-electron chi connectivity index (χ3n) is 6.45. The predicted octanol–water partition coefficient (Wildman–Crippen LogP) is 5.86. The van der Waals surface area contributed by atoms with Crippen molar-refractivity contribution < 1.29 is 0 Å². The van der Waals surface area contributed by atoms with E-state index in [0.717, 1.165) is 0 Å². The van der Waals surface area contributed by atoms with Crippen LogP contribution in [0.4, 0.5) is 0 Å². The van der Waals surface area contributed by atoms with Gasteiger partial charge in [-0.05, 0) is 38.5 Å². The SMILES string of the molecule is C[Si](C)(C)N[P+](NC1CCCCC1)(NC1CCCCC1)NC1CCCCC1. The maximum Gasteiger partial charge on any atom is 0.291 e. The average Bonchev–Trinajstić information content (AvgIpc) is 2.62. The lowest BCUT2D eigenvalue weighted by molar-refractivity contribution is 0.383. The molecule has 3 aliphatic rings. The van der Waals surface area contributed by atoms with E-state index >= 15 is 0 Å². The molecule has 4 N–H and O–H groups in total. The first-order chi connectivity index (χ1) is 12.9. The number of hydrogen-bond donors (Lipinski definition) is 4. The zero-order chi connectivity index (χ0) is 19.2. The standard InChI is InChI=1S/C21H46N4PSi/c1-27(2,3)25-26(22-19-13-7-4-8-14-19,23-20-15-9-5-10-16-20)24-21-17-11-6-12-18-21/h19-25H,4-18H2,1-3H3/q+1. The van der Waals surface area contributed by atoms with Crippen LogP contribution in [0.5, 0.6) is 0 Å². The lowest BCUT2D eigenvalue weighted by Gasteiger charge is -2.41. The summed E-state index contributed by atoms with van der Waals surface area (Å²) in [5.41, 5.74) is 0. The summed E-state index contributed by atoms with van der Waals surface area (Å²) < 4.78 is 4.23. The van der Waals surface area contributed by atoms with E-state index in [1.807, 2.05) is 0 Å². The van der Waals surface area contributed by atoms with Gasteiger partial charge >= 0.3 is 0 Å². The molecule has 0 atom stereocenters. The van der Waals surface area contributed by atoms with Gasteiger partial charge in [-0.3, -0.25) is 0 Å². The second-order valence-electron chi connectivity index (χ2n) is 10.4. The number of hydrogen-bond acceptors (Lipinski definition) is 4. The Morgan fingerprint density at radius 1 is 0.519 bits per heavy atom. The number of rotatable bonds is 8. The largest absolute Gasteiger partial charge is 0.291 e. The molecule has 27 heavy (non-hydrogen) atoms. The maximum absolute atomic E-state index is 4.23. The van der Waals surface area contributed by atoms with Crippen molar-refractivity contribution in [2.75, 3.05) is 0 Å². The highest BCUT2D eigenvalue weighted by atomic mass is 31.2. The Labute approximate surface area is 170 Å². The second kappa shape index (κ2) is 10.5. The molecule has 0 bridgehead atoms. The van der Waals surface area contributed by atoms with Crippen LogP contribution < -0.4 is 20.0 Å². The normalized spacial score (nSPS) is 25.0. The van der Waals surface area contributed by atoms with E-state index in [2.05, 4.69) is 39.7 Å². The van der Waals surface area contributed by atoms with Crippen LogP contribution in [0.1, 0.15) is 96.3 Å². The molecule has 3 aliphatic carbocycles. The van der Waals surface area contributed by atoms with Crippen molar-refractivity contribution in [3.8, 4) is 0 Å². The van der Waals surface area contributed by atoms with Gasteiger partial charge in [-0.25, -0.2) is 0 Å².